The normalized spacial score (nSPS) is 21.9. The fourth-order valence-electron chi connectivity index (χ4n) is 3.99. The van der Waals surface area contributed by atoms with Crippen molar-refractivity contribution in [2.24, 2.45) is 4.99 Å². The molecular formula is C20H20ClFN4O4S2. The van der Waals surface area contributed by atoms with Crippen molar-refractivity contribution in [1.82, 2.24) is 14.6 Å². The number of carbonyl (C=O) groups excluding carboxylic acids is 1. The largest absolute Gasteiger partial charge is 0.466 e. The highest BCUT2D eigenvalue weighted by Crippen LogP contribution is 2.39. The Morgan fingerprint density at radius 2 is 2.19 bits per heavy atom. The third-order valence-corrected chi connectivity index (χ3v) is 7.73. The van der Waals surface area contributed by atoms with Gasteiger partial charge < -0.3 is 10.1 Å². The van der Waals surface area contributed by atoms with Crippen LogP contribution in [-0.4, -0.2) is 55.5 Å². The van der Waals surface area contributed by atoms with Crippen molar-refractivity contribution >= 4 is 44.8 Å². The van der Waals surface area contributed by atoms with E-state index >= 15 is 0 Å². The summed E-state index contributed by atoms with van der Waals surface area (Å²) in [7, 11) is -2.31. The van der Waals surface area contributed by atoms with Crippen molar-refractivity contribution in [3.05, 3.63) is 62.5 Å². The number of benzene rings is 1. The van der Waals surface area contributed by atoms with Gasteiger partial charge in [-0.05, 0) is 25.0 Å². The van der Waals surface area contributed by atoms with Crippen LogP contribution in [0.25, 0.3) is 0 Å². The van der Waals surface area contributed by atoms with Gasteiger partial charge in [-0.2, -0.15) is 4.31 Å². The average Bonchev–Trinajstić information content (AvgIpc) is 3.44. The Balaban J connectivity index is 1.94. The third kappa shape index (κ3) is 4.29. The second kappa shape index (κ2) is 8.89. The lowest BCUT2D eigenvalue weighted by molar-refractivity contribution is -0.136. The Morgan fingerprint density at radius 1 is 1.41 bits per heavy atom. The predicted molar refractivity (Wildman–Crippen MR) is 120 cm³/mol. The van der Waals surface area contributed by atoms with E-state index in [1.807, 2.05) is 0 Å². The van der Waals surface area contributed by atoms with Gasteiger partial charge in [-0.15, -0.1) is 11.3 Å². The Kier molecular flexibility index (Phi) is 6.35. The number of methoxy groups -OCH3 is 1. The molecule has 170 valence electrons. The summed E-state index contributed by atoms with van der Waals surface area (Å²) < 4.78 is 45.0. The van der Waals surface area contributed by atoms with E-state index in [9.17, 15) is 17.6 Å². The van der Waals surface area contributed by atoms with Crippen molar-refractivity contribution in [3.8, 4) is 0 Å². The molecule has 0 aliphatic carbocycles. The van der Waals surface area contributed by atoms with Crippen LogP contribution in [0, 0.1) is 5.82 Å². The molecule has 0 saturated carbocycles. The summed E-state index contributed by atoms with van der Waals surface area (Å²) in [6.45, 7) is 0.328. The highest BCUT2D eigenvalue weighted by molar-refractivity contribution is 7.88. The maximum absolute atomic E-state index is 13.7. The first kappa shape index (κ1) is 22.8. The van der Waals surface area contributed by atoms with Crippen LogP contribution < -0.4 is 5.32 Å². The minimum absolute atomic E-state index is 0.0892. The van der Waals surface area contributed by atoms with Crippen molar-refractivity contribution < 1.29 is 22.3 Å². The smallest absolute Gasteiger partial charge is 0.338 e. The van der Waals surface area contributed by atoms with Gasteiger partial charge in [-0.25, -0.2) is 22.6 Å². The van der Waals surface area contributed by atoms with Gasteiger partial charge in [0.1, 0.15) is 11.9 Å². The summed E-state index contributed by atoms with van der Waals surface area (Å²) in [6.07, 6.45) is 3.88. The number of amidine groups is 1. The van der Waals surface area contributed by atoms with E-state index < -0.39 is 33.9 Å². The van der Waals surface area contributed by atoms with E-state index in [0.717, 1.165) is 12.3 Å². The number of hydrogen-bond donors (Lipinski definition) is 1. The molecule has 2 aliphatic heterocycles. The van der Waals surface area contributed by atoms with Crippen molar-refractivity contribution in [3.63, 3.8) is 0 Å². The second-order valence-corrected chi connectivity index (χ2v) is 10.6. The molecule has 1 N–H and O–H groups in total. The molecule has 2 aliphatic rings. The molecule has 1 fully saturated rings. The van der Waals surface area contributed by atoms with Crippen LogP contribution in [0.1, 0.15) is 29.5 Å². The molecule has 0 spiro atoms. The van der Waals surface area contributed by atoms with Crippen molar-refractivity contribution in [2.45, 2.75) is 24.9 Å². The number of rotatable bonds is 5. The minimum Gasteiger partial charge on any atom is -0.466 e. The van der Waals surface area contributed by atoms with Crippen molar-refractivity contribution in [1.29, 1.82) is 0 Å². The Bertz CT molecular complexity index is 1210. The molecule has 0 amide bonds. The van der Waals surface area contributed by atoms with E-state index in [1.165, 1.54) is 34.9 Å². The minimum atomic E-state index is -3.55. The summed E-state index contributed by atoms with van der Waals surface area (Å²) in [6, 6.07) is 2.28. The highest BCUT2D eigenvalue weighted by atomic mass is 35.5. The number of sulfonamides is 1. The first-order valence-electron chi connectivity index (χ1n) is 9.69. The molecule has 4 rings (SSSR count). The Morgan fingerprint density at radius 3 is 2.81 bits per heavy atom. The second-order valence-electron chi connectivity index (χ2n) is 7.36. The molecule has 2 atom stereocenters. The van der Waals surface area contributed by atoms with Gasteiger partial charge >= 0.3 is 5.97 Å². The Labute approximate surface area is 193 Å². The molecule has 32 heavy (non-hydrogen) atoms. The van der Waals surface area contributed by atoms with Gasteiger partial charge in [0.05, 0.1) is 25.0 Å². The first-order chi connectivity index (χ1) is 15.2. The molecule has 12 heteroatoms. The zero-order valence-electron chi connectivity index (χ0n) is 17.2. The third-order valence-electron chi connectivity index (χ3n) is 5.34. The van der Waals surface area contributed by atoms with E-state index in [2.05, 4.69) is 15.3 Å². The summed E-state index contributed by atoms with van der Waals surface area (Å²) in [4.78, 5) is 21.9. The standard InChI is InChI=1S/C20H20ClFN4O4S2/c1-30-20(27)15-16(12-6-5-11(22)10-13(12)21)24-18(19-23-7-9-31-19)25-17(15)14-4-3-8-26(14)32(2,28)29/h5-7,9-10,14,16H,3-4,8H2,1-2H3,(H,24,25). The van der Waals surface area contributed by atoms with E-state index in [4.69, 9.17) is 16.3 Å². The fraction of sp³-hybridized carbons (Fsp3) is 0.350. The molecular weight excluding hydrogens is 479 g/mol. The lowest BCUT2D eigenvalue weighted by atomic mass is 9.92. The van der Waals surface area contributed by atoms with Crippen LogP contribution in [0.15, 0.2) is 46.0 Å². The number of hydrogen-bond acceptors (Lipinski definition) is 8. The van der Waals surface area contributed by atoms with Gasteiger partial charge in [-0.1, -0.05) is 17.7 Å². The number of carbonyl (C=O) groups is 1. The lowest BCUT2D eigenvalue weighted by Gasteiger charge is -2.32. The van der Waals surface area contributed by atoms with Gasteiger partial charge in [0.25, 0.3) is 0 Å². The van der Waals surface area contributed by atoms with Gasteiger partial charge in [0.2, 0.25) is 10.0 Å². The number of aliphatic imine (C=N–C) groups is 1. The molecule has 0 radical (unpaired) electrons. The number of thiazole rings is 1. The van der Waals surface area contributed by atoms with E-state index in [1.54, 1.807) is 11.6 Å². The first-order valence-corrected chi connectivity index (χ1v) is 12.8. The number of aromatic nitrogens is 1. The predicted octanol–water partition coefficient (Wildman–Crippen LogP) is 2.88. The fourth-order valence-corrected chi connectivity index (χ4v) is 5.98. The number of nitrogens with zero attached hydrogens (tertiary/aromatic N) is 3. The van der Waals surface area contributed by atoms with Crippen molar-refractivity contribution in [2.75, 3.05) is 19.9 Å². The van der Waals surface area contributed by atoms with Crippen LogP contribution in [-0.2, 0) is 19.6 Å². The molecule has 2 aromatic rings. The maximum Gasteiger partial charge on any atom is 0.338 e. The molecule has 3 heterocycles. The number of ether oxygens (including phenoxy) is 1. The quantitative estimate of drug-likeness (QED) is 0.636. The monoisotopic (exact) mass is 498 g/mol. The number of nitrogens with one attached hydrogen (secondary N) is 1. The van der Waals surface area contributed by atoms with Crippen LogP contribution in [0.4, 0.5) is 4.39 Å². The number of esters is 1. The van der Waals surface area contributed by atoms with Crippen LogP contribution >= 0.6 is 22.9 Å². The zero-order valence-corrected chi connectivity index (χ0v) is 19.6. The molecule has 0 bridgehead atoms. The highest BCUT2D eigenvalue weighted by Gasteiger charge is 2.42. The van der Waals surface area contributed by atoms with Crippen LogP contribution in [0.5, 0.6) is 0 Å². The average molecular weight is 499 g/mol. The lowest BCUT2D eigenvalue weighted by Crippen LogP contribution is -2.45. The molecule has 8 nitrogen and oxygen atoms in total. The maximum atomic E-state index is 13.7. The molecule has 1 aromatic carbocycles. The molecule has 2 unspecified atom stereocenters. The summed E-state index contributed by atoms with van der Waals surface area (Å²) in [5.41, 5.74) is 0.887. The molecule has 1 saturated heterocycles. The summed E-state index contributed by atoms with van der Waals surface area (Å²) in [5, 5.41) is 5.57. The van der Waals surface area contributed by atoms with E-state index in [-0.39, 0.29) is 10.6 Å². The topological polar surface area (TPSA) is 101 Å². The van der Waals surface area contributed by atoms with Crippen LogP contribution in [0.3, 0.4) is 0 Å². The molecule has 1 aromatic heterocycles. The van der Waals surface area contributed by atoms with Gasteiger partial charge in [0, 0.05) is 34.4 Å². The van der Waals surface area contributed by atoms with E-state index in [0.29, 0.717) is 41.5 Å². The zero-order chi connectivity index (χ0) is 23.0. The van der Waals surface area contributed by atoms with Crippen LogP contribution in [0.2, 0.25) is 5.02 Å². The number of halogens is 2. The summed E-state index contributed by atoms with van der Waals surface area (Å²) >= 11 is 7.67. The summed E-state index contributed by atoms with van der Waals surface area (Å²) in [5.74, 6) is -0.840. The van der Waals surface area contributed by atoms with Gasteiger partial charge in [0.15, 0.2) is 10.8 Å². The Hall–Kier alpha value is -2.34. The SMILES string of the molecule is COC(=O)C1=C(C2CCCN2S(C)(=O)=O)NC(c2nccs2)=NC1c1ccc(F)cc1Cl. The van der Waals surface area contributed by atoms with Gasteiger partial charge in [-0.3, -0.25) is 4.99 Å².